The van der Waals surface area contributed by atoms with E-state index in [4.69, 9.17) is 0 Å². The maximum absolute atomic E-state index is 12.5. The number of carbonyl (C=O) groups is 1. The van der Waals surface area contributed by atoms with Crippen molar-refractivity contribution in [2.45, 2.75) is 62.8 Å². The number of nitrogens with zero attached hydrogens (tertiary/aromatic N) is 1. The summed E-state index contributed by atoms with van der Waals surface area (Å²) < 4.78 is 27.8. The van der Waals surface area contributed by atoms with Crippen molar-refractivity contribution in [3.63, 3.8) is 0 Å². The molecule has 1 saturated carbocycles. The SMILES string of the molecule is CC(=O)N1CCc2cc(S(=O)(=O)NCCNC3CCCCCC3)ccc21. The van der Waals surface area contributed by atoms with Gasteiger partial charge in [-0.1, -0.05) is 25.7 Å². The van der Waals surface area contributed by atoms with Crippen molar-refractivity contribution in [2.24, 2.45) is 0 Å². The van der Waals surface area contributed by atoms with Crippen LogP contribution in [0, 0.1) is 0 Å². The summed E-state index contributed by atoms with van der Waals surface area (Å²) in [5.41, 5.74) is 1.74. The smallest absolute Gasteiger partial charge is 0.240 e. The number of benzene rings is 1. The third-order valence-electron chi connectivity index (χ3n) is 5.34. The molecule has 7 heteroatoms. The lowest BCUT2D eigenvalue weighted by Gasteiger charge is -2.17. The molecule has 0 saturated heterocycles. The number of amides is 1. The van der Waals surface area contributed by atoms with Crippen LogP contribution in [0.25, 0.3) is 0 Å². The van der Waals surface area contributed by atoms with Gasteiger partial charge in [0.2, 0.25) is 15.9 Å². The van der Waals surface area contributed by atoms with Crippen LogP contribution in [0.3, 0.4) is 0 Å². The molecule has 6 nitrogen and oxygen atoms in total. The summed E-state index contributed by atoms with van der Waals surface area (Å²) in [7, 11) is -3.52. The minimum atomic E-state index is -3.52. The number of hydrogen-bond donors (Lipinski definition) is 2. The fraction of sp³-hybridized carbons (Fsp3) is 0.632. The Kier molecular flexibility index (Phi) is 6.32. The van der Waals surface area contributed by atoms with Gasteiger partial charge in [-0.2, -0.15) is 0 Å². The van der Waals surface area contributed by atoms with Gasteiger partial charge in [0.1, 0.15) is 0 Å². The molecule has 1 fully saturated rings. The molecule has 1 aliphatic carbocycles. The molecule has 0 unspecified atom stereocenters. The van der Waals surface area contributed by atoms with Gasteiger partial charge in [-0.3, -0.25) is 4.79 Å². The van der Waals surface area contributed by atoms with Crippen molar-refractivity contribution in [2.75, 3.05) is 24.5 Å². The van der Waals surface area contributed by atoms with Crippen molar-refractivity contribution in [3.05, 3.63) is 23.8 Å². The van der Waals surface area contributed by atoms with Crippen LogP contribution in [0.2, 0.25) is 0 Å². The Balaban J connectivity index is 1.54. The topological polar surface area (TPSA) is 78.5 Å². The van der Waals surface area contributed by atoms with Gasteiger partial charge < -0.3 is 10.2 Å². The number of fused-ring (bicyclic) bond motifs is 1. The van der Waals surface area contributed by atoms with Gasteiger partial charge in [0.15, 0.2) is 0 Å². The summed E-state index contributed by atoms with van der Waals surface area (Å²) in [6.07, 6.45) is 8.20. The highest BCUT2D eigenvalue weighted by molar-refractivity contribution is 7.89. The molecule has 1 aromatic rings. The maximum Gasteiger partial charge on any atom is 0.240 e. The molecule has 144 valence electrons. The fourth-order valence-corrected chi connectivity index (χ4v) is 4.98. The van der Waals surface area contributed by atoms with Crippen LogP contribution in [0.5, 0.6) is 0 Å². The van der Waals surface area contributed by atoms with Crippen LogP contribution >= 0.6 is 0 Å². The third-order valence-corrected chi connectivity index (χ3v) is 6.80. The van der Waals surface area contributed by atoms with Gasteiger partial charge >= 0.3 is 0 Å². The van der Waals surface area contributed by atoms with Crippen molar-refractivity contribution < 1.29 is 13.2 Å². The van der Waals surface area contributed by atoms with Gasteiger partial charge in [-0.15, -0.1) is 0 Å². The van der Waals surface area contributed by atoms with E-state index >= 15 is 0 Å². The Bertz CT molecular complexity index is 740. The number of hydrogen-bond acceptors (Lipinski definition) is 4. The molecule has 1 aliphatic heterocycles. The van der Waals surface area contributed by atoms with E-state index in [9.17, 15) is 13.2 Å². The normalized spacial score (nSPS) is 18.6. The second-order valence-corrected chi connectivity index (χ2v) is 9.02. The Hall–Kier alpha value is -1.44. The second-order valence-electron chi connectivity index (χ2n) is 7.25. The van der Waals surface area contributed by atoms with Crippen molar-refractivity contribution >= 4 is 21.6 Å². The van der Waals surface area contributed by atoms with E-state index in [2.05, 4.69) is 10.0 Å². The molecule has 0 bridgehead atoms. The van der Waals surface area contributed by atoms with Crippen LogP contribution in [-0.2, 0) is 21.2 Å². The predicted octanol–water partition coefficient (Wildman–Crippen LogP) is 2.19. The Morgan fingerprint density at radius 1 is 1.15 bits per heavy atom. The molecule has 2 N–H and O–H groups in total. The molecular formula is C19H29N3O3S. The summed E-state index contributed by atoms with van der Waals surface area (Å²) in [5.74, 6) is -0.0120. The first-order chi connectivity index (χ1) is 12.5. The minimum absolute atomic E-state index is 0.0120. The molecule has 26 heavy (non-hydrogen) atoms. The van der Waals surface area contributed by atoms with E-state index in [0.29, 0.717) is 32.1 Å². The number of nitrogens with one attached hydrogen (secondary N) is 2. The van der Waals surface area contributed by atoms with Crippen LogP contribution in [0.4, 0.5) is 5.69 Å². The zero-order valence-corrected chi connectivity index (χ0v) is 16.3. The highest BCUT2D eigenvalue weighted by atomic mass is 32.2. The second kappa shape index (κ2) is 8.50. The monoisotopic (exact) mass is 379 g/mol. The first-order valence-corrected chi connectivity index (χ1v) is 11.1. The van der Waals surface area contributed by atoms with E-state index in [0.717, 1.165) is 11.3 Å². The standard InChI is InChI=1S/C19H29N3O3S/c1-15(23)22-13-10-16-14-18(8-9-19(16)22)26(24,25)21-12-11-20-17-6-4-2-3-5-7-17/h8-9,14,17,20-21H,2-7,10-13H2,1H3. The minimum Gasteiger partial charge on any atom is -0.313 e. The van der Waals surface area contributed by atoms with Crippen LogP contribution in [0.1, 0.15) is 51.0 Å². The van der Waals surface area contributed by atoms with Crippen LogP contribution in [-0.4, -0.2) is 40.0 Å². The van der Waals surface area contributed by atoms with Crippen molar-refractivity contribution in [1.82, 2.24) is 10.0 Å². The quantitative estimate of drug-likeness (QED) is 0.587. The largest absolute Gasteiger partial charge is 0.313 e. The average molecular weight is 380 g/mol. The molecule has 0 aromatic heterocycles. The number of anilines is 1. The molecule has 1 heterocycles. The zero-order chi connectivity index (χ0) is 18.6. The lowest BCUT2D eigenvalue weighted by Crippen LogP contribution is -2.36. The van der Waals surface area contributed by atoms with E-state index in [1.807, 2.05) is 0 Å². The van der Waals surface area contributed by atoms with Gasteiger partial charge in [0.25, 0.3) is 0 Å². The highest BCUT2D eigenvalue weighted by Crippen LogP contribution is 2.30. The van der Waals surface area contributed by atoms with Gasteiger partial charge in [0, 0.05) is 38.3 Å². The Labute approximate surface area is 156 Å². The molecule has 0 atom stereocenters. The van der Waals surface area contributed by atoms with Gasteiger partial charge in [-0.05, 0) is 43.0 Å². The van der Waals surface area contributed by atoms with Crippen LogP contribution < -0.4 is 14.9 Å². The molecule has 2 aliphatic rings. The summed E-state index contributed by atoms with van der Waals surface area (Å²) in [6, 6.07) is 5.53. The predicted molar refractivity (Wildman–Crippen MR) is 103 cm³/mol. The molecule has 1 aromatic carbocycles. The van der Waals surface area contributed by atoms with Gasteiger partial charge in [0.05, 0.1) is 4.90 Å². The summed E-state index contributed by atoms with van der Waals surface area (Å²) in [5, 5.41) is 3.47. The molecule has 3 rings (SSSR count). The van der Waals surface area contributed by atoms with E-state index in [1.165, 1.54) is 45.4 Å². The highest BCUT2D eigenvalue weighted by Gasteiger charge is 2.24. The van der Waals surface area contributed by atoms with Crippen molar-refractivity contribution in [3.8, 4) is 0 Å². The number of rotatable bonds is 6. The van der Waals surface area contributed by atoms with Gasteiger partial charge in [-0.25, -0.2) is 13.1 Å². The van der Waals surface area contributed by atoms with E-state index in [1.54, 1.807) is 23.1 Å². The summed E-state index contributed by atoms with van der Waals surface area (Å²) >= 11 is 0. The summed E-state index contributed by atoms with van der Waals surface area (Å²) in [4.78, 5) is 13.6. The average Bonchev–Trinajstić information content (AvgIpc) is 2.87. The van der Waals surface area contributed by atoms with Crippen LogP contribution in [0.15, 0.2) is 23.1 Å². The fourth-order valence-electron chi connectivity index (χ4n) is 3.90. The van der Waals surface area contributed by atoms with E-state index < -0.39 is 10.0 Å². The Morgan fingerprint density at radius 2 is 1.88 bits per heavy atom. The Morgan fingerprint density at radius 3 is 2.58 bits per heavy atom. The van der Waals surface area contributed by atoms with E-state index in [-0.39, 0.29) is 10.8 Å². The zero-order valence-electron chi connectivity index (χ0n) is 15.5. The number of carbonyl (C=O) groups excluding carboxylic acids is 1. The molecule has 0 radical (unpaired) electrons. The van der Waals surface area contributed by atoms with Crippen molar-refractivity contribution in [1.29, 1.82) is 0 Å². The third kappa shape index (κ3) is 4.64. The molecular weight excluding hydrogens is 350 g/mol. The number of sulfonamides is 1. The first kappa shape index (κ1) is 19.3. The lowest BCUT2D eigenvalue weighted by molar-refractivity contribution is -0.116. The summed E-state index contributed by atoms with van der Waals surface area (Å²) in [6.45, 7) is 3.18. The maximum atomic E-state index is 12.5. The lowest BCUT2D eigenvalue weighted by atomic mass is 10.1. The molecule has 0 spiro atoms. The molecule has 1 amide bonds. The first-order valence-electron chi connectivity index (χ1n) is 9.61.